The van der Waals surface area contributed by atoms with Crippen LogP contribution in [0.2, 0.25) is 0 Å². The number of amides is 2. The average Bonchev–Trinajstić information content (AvgIpc) is 3.38. The van der Waals surface area contributed by atoms with E-state index >= 15 is 0 Å². The van der Waals surface area contributed by atoms with Gasteiger partial charge in [-0.25, -0.2) is 13.2 Å². The molecule has 1 spiro atoms. The van der Waals surface area contributed by atoms with Crippen LogP contribution in [-0.2, 0) is 15.4 Å². The topological polar surface area (TPSA) is 95.8 Å². The van der Waals surface area contributed by atoms with Crippen LogP contribution >= 0.6 is 0 Å². The van der Waals surface area contributed by atoms with Crippen molar-refractivity contribution in [2.45, 2.75) is 18.3 Å². The molecule has 1 saturated heterocycles. The van der Waals surface area contributed by atoms with Crippen molar-refractivity contribution in [3.05, 3.63) is 66.2 Å². The fourth-order valence-electron chi connectivity index (χ4n) is 4.71. The summed E-state index contributed by atoms with van der Waals surface area (Å²) in [7, 11) is -3.36. The van der Waals surface area contributed by atoms with E-state index < -0.39 is 10.0 Å². The fraction of sp³-hybridized carbons (Fsp3) is 0.304. The molecule has 9 heteroatoms. The van der Waals surface area contributed by atoms with Crippen molar-refractivity contribution in [2.75, 3.05) is 35.5 Å². The number of para-hydroxylation sites is 1. The lowest BCUT2D eigenvalue weighted by atomic mass is 9.74. The zero-order chi connectivity index (χ0) is 22.3. The highest BCUT2D eigenvalue weighted by Gasteiger charge is 2.47. The predicted molar refractivity (Wildman–Crippen MR) is 122 cm³/mol. The summed E-state index contributed by atoms with van der Waals surface area (Å²) >= 11 is 0. The van der Waals surface area contributed by atoms with Gasteiger partial charge in [-0.05, 0) is 24.5 Å². The number of benzene rings is 2. The number of sulfonamides is 1. The zero-order valence-electron chi connectivity index (χ0n) is 17.7. The Bertz CT molecular complexity index is 1250. The molecular weight excluding hydrogens is 428 g/mol. The molecule has 3 aromatic rings. The van der Waals surface area contributed by atoms with Crippen molar-refractivity contribution in [3.63, 3.8) is 0 Å². The quantitative estimate of drug-likeness (QED) is 0.654. The van der Waals surface area contributed by atoms with E-state index in [1.165, 1.54) is 10.6 Å². The Hall–Kier alpha value is -3.33. The van der Waals surface area contributed by atoms with Gasteiger partial charge in [0.25, 0.3) is 0 Å². The van der Waals surface area contributed by atoms with Crippen molar-refractivity contribution >= 4 is 27.6 Å². The smallest absolute Gasteiger partial charge is 0.324 e. The number of carbonyl (C=O) groups excluding carboxylic acids is 1. The highest BCUT2D eigenvalue weighted by molar-refractivity contribution is 7.92. The first kappa shape index (κ1) is 20.6. The van der Waals surface area contributed by atoms with E-state index in [0.29, 0.717) is 44.1 Å². The third kappa shape index (κ3) is 3.62. The summed E-state index contributed by atoms with van der Waals surface area (Å²) in [6, 6.07) is 18.7. The summed E-state index contributed by atoms with van der Waals surface area (Å²) < 4.78 is 31.5. The number of likely N-dealkylation sites (tertiary alicyclic amines) is 1. The molecule has 0 saturated carbocycles. The maximum Gasteiger partial charge on any atom is 0.324 e. The summed E-state index contributed by atoms with van der Waals surface area (Å²) in [5.41, 5.74) is 3.09. The van der Waals surface area contributed by atoms with Crippen LogP contribution < -0.4 is 9.62 Å². The van der Waals surface area contributed by atoms with Crippen LogP contribution in [0.1, 0.15) is 18.4 Å². The largest absolute Gasteiger partial charge is 0.338 e. The molecule has 3 heterocycles. The van der Waals surface area contributed by atoms with Gasteiger partial charge in [0.05, 0.1) is 11.9 Å². The number of aromatic nitrogens is 1. The number of carbonyl (C=O) groups is 1. The Morgan fingerprint density at radius 3 is 2.47 bits per heavy atom. The molecule has 0 aliphatic carbocycles. The molecule has 0 radical (unpaired) electrons. The molecule has 0 atom stereocenters. The number of nitrogens with zero attached hydrogens (tertiary/aromatic N) is 3. The Labute approximate surface area is 186 Å². The van der Waals surface area contributed by atoms with Gasteiger partial charge >= 0.3 is 6.03 Å². The highest BCUT2D eigenvalue weighted by Crippen LogP contribution is 2.47. The van der Waals surface area contributed by atoms with E-state index in [4.69, 9.17) is 4.52 Å². The number of anilines is 2. The lowest BCUT2D eigenvalue weighted by Crippen LogP contribution is -2.48. The molecule has 2 amide bonds. The molecule has 166 valence electrons. The molecule has 2 aliphatic heterocycles. The van der Waals surface area contributed by atoms with Crippen molar-refractivity contribution in [2.24, 2.45) is 0 Å². The maximum atomic E-state index is 12.8. The summed E-state index contributed by atoms with van der Waals surface area (Å²) in [5, 5.41) is 6.81. The second-order valence-corrected chi connectivity index (χ2v) is 10.3. The Morgan fingerprint density at radius 1 is 1.06 bits per heavy atom. The third-order valence-electron chi connectivity index (χ3n) is 6.41. The zero-order valence-corrected chi connectivity index (χ0v) is 18.5. The minimum absolute atomic E-state index is 0.248. The SMILES string of the molecule is CS(=O)(=O)N1CC2(CCN(C(=O)Nc3cc(-c4ccccc4)no3)CC2)c2ccccc21. The lowest BCUT2D eigenvalue weighted by molar-refractivity contribution is 0.173. The normalized spacial score (nSPS) is 17.4. The van der Waals surface area contributed by atoms with E-state index in [9.17, 15) is 13.2 Å². The number of hydrogen-bond acceptors (Lipinski definition) is 5. The molecule has 32 heavy (non-hydrogen) atoms. The van der Waals surface area contributed by atoms with Crippen LogP contribution in [0.15, 0.2) is 65.2 Å². The summed E-state index contributed by atoms with van der Waals surface area (Å²) in [6.07, 6.45) is 2.62. The van der Waals surface area contributed by atoms with Gasteiger partial charge in [-0.3, -0.25) is 9.62 Å². The fourth-order valence-corrected chi connectivity index (χ4v) is 5.71. The lowest BCUT2D eigenvalue weighted by Gasteiger charge is -2.39. The highest BCUT2D eigenvalue weighted by atomic mass is 32.2. The molecule has 8 nitrogen and oxygen atoms in total. The van der Waals surface area contributed by atoms with Crippen LogP contribution in [-0.4, -0.2) is 50.4 Å². The Balaban J connectivity index is 1.27. The number of hydrogen-bond donors (Lipinski definition) is 1. The maximum absolute atomic E-state index is 12.8. The molecule has 2 aromatic carbocycles. The molecule has 1 fully saturated rings. The Kier molecular flexibility index (Phi) is 4.93. The van der Waals surface area contributed by atoms with E-state index in [1.807, 2.05) is 54.6 Å². The summed E-state index contributed by atoms with van der Waals surface area (Å²) in [6.45, 7) is 1.47. The van der Waals surface area contributed by atoms with Crippen LogP contribution in [0.5, 0.6) is 0 Å². The molecule has 0 unspecified atom stereocenters. The molecule has 1 aromatic heterocycles. The van der Waals surface area contributed by atoms with Gasteiger partial charge in [0, 0.05) is 36.7 Å². The first-order chi connectivity index (χ1) is 15.4. The Morgan fingerprint density at radius 2 is 1.75 bits per heavy atom. The van der Waals surface area contributed by atoms with Gasteiger partial charge in [-0.1, -0.05) is 53.7 Å². The van der Waals surface area contributed by atoms with Gasteiger partial charge in [0.2, 0.25) is 15.9 Å². The van der Waals surface area contributed by atoms with Crippen LogP contribution in [0.4, 0.5) is 16.4 Å². The van der Waals surface area contributed by atoms with E-state index in [2.05, 4.69) is 10.5 Å². The standard InChI is InChI=1S/C23H24N4O4S/c1-32(29,30)27-16-23(18-9-5-6-10-20(18)27)11-13-26(14-12-23)22(28)24-21-15-19(25-31-21)17-7-3-2-4-8-17/h2-10,15H,11-14,16H2,1H3,(H,24,28). The molecule has 5 rings (SSSR count). The van der Waals surface area contributed by atoms with E-state index in [0.717, 1.165) is 16.8 Å². The van der Waals surface area contributed by atoms with Gasteiger partial charge in [-0.2, -0.15) is 0 Å². The van der Waals surface area contributed by atoms with Crippen LogP contribution in [0.25, 0.3) is 11.3 Å². The van der Waals surface area contributed by atoms with Gasteiger partial charge in [0.15, 0.2) is 0 Å². The van der Waals surface area contributed by atoms with Crippen molar-refractivity contribution < 1.29 is 17.7 Å². The monoisotopic (exact) mass is 452 g/mol. The first-order valence-corrected chi connectivity index (χ1v) is 12.4. The second-order valence-electron chi connectivity index (χ2n) is 8.43. The average molecular weight is 453 g/mol. The van der Waals surface area contributed by atoms with Crippen LogP contribution in [0, 0.1) is 0 Å². The number of urea groups is 1. The molecule has 2 aliphatic rings. The third-order valence-corrected chi connectivity index (χ3v) is 7.53. The summed E-state index contributed by atoms with van der Waals surface area (Å²) in [4.78, 5) is 14.5. The second kappa shape index (κ2) is 7.67. The molecule has 1 N–H and O–H groups in total. The number of rotatable bonds is 3. The number of piperidine rings is 1. The van der Waals surface area contributed by atoms with Crippen molar-refractivity contribution in [1.29, 1.82) is 0 Å². The number of nitrogens with one attached hydrogen (secondary N) is 1. The minimum Gasteiger partial charge on any atom is -0.338 e. The first-order valence-electron chi connectivity index (χ1n) is 10.5. The van der Waals surface area contributed by atoms with Gasteiger partial charge < -0.3 is 9.42 Å². The van der Waals surface area contributed by atoms with E-state index in [1.54, 1.807) is 11.0 Å². The van der Waals surface area contributed by atoms with Gasteiger partial charge in [0.1, 0.15) is 5.69 Å². The summed E-state index contributed by atoms with van der Waals surface area (Å²) in [5.74, 6) is 0.295. The number of fused-ring (bicyclic) bond motifs is 2. The van der Waals surface area contributed by atoms with Crippen LogP contribution in [0.3, 0.4) is 0 Å². The minimum atomic E-state index is -3.36. The molecular formula is C23H24N4O4S. The van der Waals surface area contributed by atoms with Gasteiger partial charge in [-0.15, -0.1) is 0 Å². The molecule has 0 bridgehead atoms. The predicted octanol–water partition coefficient (Wildman–Crippen LogP) is 3.69. The van der Waals surface area contributed by atoms with Crippen molar-refractivity contribution in [3.8, 4) is 11.3 Å². The van der Waals surface area contributed by atoms with Crippen molar-refractivity contribution in [1.82, 2.24) is 10.1 Å². The van der Waals surface area contributed by atoms with E-state index in [-0.39, 0.29) is 11.4 Å².